The van der Waals surface area contributed by atoms with Gasteiger partial charge in [0.25, 0.3) is 0 Å². The average Bonchev–Trinajstić information content (AvgIpc) is 2.75. The predicted octanol–water partition coefficient (Wildman–Crippen LogP) is 8.12. The van der Waals surface area contributed by atoms with E-state index in [0.29, 0.717) is 24.2 Å². The molecule has 2 nitrogen and oxygen atoms in total. The van der Waals surface area contributed by atoms with Crippen molar-refractivity contribution in [1.82, 2.24) is 0 Å². The van der Waals surface area contributed by atoms with E-state index in [1.165, 1.54) is 22.3 Å². The summed E-state index contributed by atoms with van der Waals surface area (Å²) in [7, 11) is 0. The lowest BCUT2D eigenvalue weighted by molar-refractivity contribution is -0.153. The van der Waals surface area contributed by atoms with E-state index in [1.54, 1.807) is 0 Å². The molecule has 2 aromatic rings. The smallest absolute Gasteiger partial charge is 0.202 e. The topological polar surface area (TPSA) is 26.3 Å². The molecule has 0 bridgehead atoms. The maximum absolute atomic E-state index is 12.7. The number of ether oxygens (including phenoxy) is 1. The minimum atomic E-state index is -1.50. The molecule has 32 heavy (non-hydrogen) atoms. The fourth-order valence-electron chi connectivity index (χ4n) is 4.70. The third kappa shape index (κ3) is 4.93. The first kappa shape index (κ1) is 25.3. The highest BCUT2D eigenvalue weighted by Gasteiger charge is 2.61. The zero-order chi connectivity index (χ0) is 23.8. The molecule has 0 saturated heterocycles. The van der Waals surface area contributed by atoms with Crippen LogP contribution in [-0.4, -0.2) is 16.2 Å². The van der Waals surface area contributed by atoms with E-state index in [2.05, 4.69) is 60.6 Å². The first-order chi connectivity index (χ1) is 14.9. The van der Waals surface area contributed by atoms with Gasteiger partial charge in [-0.1, -0.05) is 107 Å². The molecule has 174 valence electrons. The molecular weight excluding hydrogens is 439 g/mol. The molecule has 2 aromatic carbocycles. The Bertz CT molecular complexity index is 918. The van der Waals surface area contributed by atoms with Gasteiger partial charge in [-0.2, -0.15) is 0 Å². The Balaban J connectivity index is 1.95. The van der Waals surface area contributed by atoms with Crippen LogP contribution in [0.5, 0.6) is 0 Å². The normalized spacial score (nSPS) is 21.3. The minimum Gasteiger partial charge on any atom is -0.366 e. The molecule has 1 aliphatic rings. The Morgan fingerprint density at radius 2 is 1.41 bits per heavy atom. The molecule has 4 heteroatoms. The summed E-state index contributed by atoms with van der Waals surface area (Å²) in [6.07, 6.45) is -0.184. The third-order valence-electron chi connectivity index (χ3n) is 6.62. The van der Waals surface area contributed by atoms with Crippen LogP contribution in [0.2, 0.25) is 0 Å². The van der Waals surface area contributed by atoms with Crippen molar-refractivity contribution in [2.45, 2.75) is 89.2 Å². The van der Waals surface area contributed by atoms with Gasteiger partial charge in [0.05, 0.1) is 12.0 Å². The van der Waals surface area contributed by atoms with Crippen LogP contribution in [-0.2, 0) is 16.0 Å². The lowest BCUT2D eigenvalue weighted by atomic mass is 9.75. The number of rotatable bonds is 8. The fraction of sp³-hybridized carbons (Fsp3) is 0.536. The summed E-state index contributed by atoms with van der Waals surface area (Å²) >= 11 is 13.0. The van der Waals surface area contributed by atoms with Gasteiger partial charge in [-0.3, -0.25) is 4.79 Å². The molecule has 0 amide bonds. The van der Waals surface area contributed by atoms with Crippen molar-refractivity contribution < 1.29 is 9.53 Å². The number of hydrogen-bond donors (Lipinski definition) is 0. The zero-order valence-electron chi connectivity index (χ0n) is 20.3. The first-order valence-electron chi connectivity index (χ1n) is 11.7. The lowest BCUT2D eigenvalue weighted by Gasteiger charge is -2.46. The van der Waals surface area contributed by atoms with Gasteiger partial charge in [-0.05, 0) is 58.9 Å². The van der Waals surface area contributed by atoms with Crippen LogP contribution in [0.4, 0.5) is 0 Å². The number of halogens is 2. The van der Waals surface area contributed by atoms with Gasteiger partial charge >= 0.3 is 0 Å². The molecular formula is C28H36Cl2O2. The highest BCUT2D eigenvalue weighted by Crippen LogP contribution is 2.49. The molecule has 0 radical (unpaired) electrons. The Hall–Kier alpha value is -1.35. The quantitative estimate of drug-likeness (QED) is 0.361. The molecule has 0 N–H and O–H groups in total. The van der Waals surface area contributed by atoms with Gasteiger partial charge in [0.15, 0.2) is 5.78 Å². The van der Waals surface area contributed by atoms with Gasteiger partial charge in [0.1, 0.15) is 6.10 Å². The molecule has 3 atom stereocenters. The van der Waals surface area contributed by atoms with Crippen LogP contribution < -0.4 is 0 Å². The van der Waals surface area contributed by atoms with Gasteiger partial charge in [0, 0.05) is 0 Å². The molecule has 0 spiro atoms. The molecule has 1 fully saturated rings. The second-order valence-electron chi connectivity index (χ2n) is 10.1. The van der Waals surface area contributed by atoms with E-state index in [-0.39, 0.29) is 17.8 Å². The number of alkyl halides is 2. The summed E-state index contributed by atoms with van der Waals surface area (Å²) in [5.74, 6) is 0.674. The van der Waals surface area contributed by atoms with Crippen molar-refractivity contribution in [3.05, 3.63) is 70.3 Å². The highest BCUT2D eigenvalue weighted by molar-refractivity contribution is 6.61. The second kappa shape index (κ2) is 9.87. The molecule has 0 unspecified atom stereocenters. The molecule has 3 rings (SSSR count). The lowest BCUT2D eigenvalue weighted by Crippen LogP contribution is -2.62. The van der Waals surface area contributed by atoms with Crippen LogP contribution in [0.25, 0.3) is 0 Å². The second-order valence-corrected chi connectivity index (χ2v) is 11.4. The summed E-state index contributed by atoms with van der Waals surface area (Å²) in [5.41, 5.74) is 6.24. The van der Waals surface area contributed by atoms with Crippen LogP contribution in [0.3, 0.4) is 0 Å². The van der Waals surface area contributed by atoms with Crippen LogP contribution in [0.1, 0.15) is 100 Å². The predicted molar refractivity (Wildman–Crippen MR) is 135 cm³/mol. The summed E-state index contributed by atoms with van der Waals surface area (Å²) in [6, 6.07) is 14.6. The molecule has 1 aliphatic carbocycles. The number of ketones is 1. The van der Waals surface area contributed by atoms with Gasteiger partial charge in [-0.15, -0.1) is 0 Å². The standard InChI is InChI=1S/C28H36Cl2O2/c1-16(2)21-14-22(17(3)4)25(23(15-21)18(5)6)19(7)32-27-24(26(31)28(27,29)30)13-20-11-9-8-10-12-20/h8-12,14-19,24,27H,13H2,1-7H3/t19-,24-,27-/m1/s1. The van der Waals surface area contributed by atoms with Crippen LogP contribution in [0, 0.1) is 5.92 Å². The number of carbonyl (C=O) groups is 1. The Morgan fingerprint density at radius 1 is 0.875 bits per heavy atom. The molecule has 0 heterocycles. The van der Waals surface area contributed by atoms with Crippen molar-refractivity contribution in [2.75, 3.05) is 0 Å². The molecule has 0 aliphatic heterocycles. The van der Waals surface area contributed by atoms with Crippen LogP contribution in [0.15, 0.2) is 42.5 Å². The van der Waals surface area contributed by atoms with Crippen molar-refractivity contribution in [2.24, 2.45) is 5.92 Å². The highest BCUT2D eigenvalue weighted by atomic mass is 35.5. The third-order valence-corrected chi connectivity index (χ3v) is 7.42. The van der Waals surface area contributed by atoms with E-state index < -0.39 is 10.4 Å². The summed E-state index contributed by atoms with van der Waals surface area (Å²) in [6.45, 7) is 15.4. The van der Waals surface area contributed by atoms with E-state index in [9.17, 15) is 4.79 Å². The largest absolute Gasteiger partial charge is 0.366 e. The Labute approximate surface area is 203 Å². The van der Waals surface area contributed by atoms with Crippen molar-refractivity contribution >= 4 is 29.0 Å². The van der Waals surface area contributed by atoms with Gasteiger partial charge < -0.3 is 4.74 Å². The summed E-state index contributed by atoms with van der Waals surface area (Å²) in [4.78, 5) is 12.7. The number of Topliss-reactive ketones (excluding diaryl/α,β-unsaturated/α-hetero) is 1. The first-order valence-corrected chi connectivity index (χ1v) is 12.5. The minimum absolute atomic E-state index is 0.148. The van der Waals surface area contributed by atoms with Crippen molar-refractivity contribution in [3.8, 4) is 0 Å². The van der Waals surface area contributed by atoms with Gasteiger partial charge in [0.2, 0.25) is 4.33 Å². The monoisotopic (exact) mass is 474 g/mol. The molecule has 0 aromatic heterocycles. The average molecular weight is 476 g/mol. The van der Waals surface area contributed by atoms with E-state index in [0.717, 1.165) is 5.56 Å². The molecule has 1 saturated carbocycles. The number of hydrogen-bond acceptors (Lipinski definition) is 2. The SMILES string of the molecule is CC(C)c1cc(C(C)C)c([C@@H](C)O[C@@H]2[C@H](Cc3ccccc3)C(=O)C2(Cl)Cl)c(C(C)C)c1. The summed E-state index contributed by atoms with van der Waals surface area (Å²) < 4.78 is 5.04. The Morgan fingerprint density at radius 3 is 1.88 bits per heavy atom. The van der Waals surface area contributed by atoms with Crippen molar-refractivity contribution in [3.63, 3.8) is 0 Å². The maximum atomic E-state index is 12.7. The van der Waals surface area contributed by atoms with Crippen LogP contribution >= 0.6 is 23.2 Å². The Kier molecular flexibility index (Phi) is 7.80. The number of carbonyl (C=O) groups excluding carboxylic acids is 1. The van der Waals surface area contributed by atoms with E-state index >= 15 is 0 Å². The fourth-order valence-corrected chi connectivity index (χ4v) is 5.39. The zero-order valence-corrected chi connectivity index (χ0v) is 21.8. The maximum Gasteiger partial charge on any atom is 0.202 e. The van der Waals surface area contributed by atoms with E-state index in [4.69, 9.17) is 27.9 Å². The van der Waals surface area contributed by atoms with E-state index in [1.807, 2.05) is 30.3 Å². The number of benzene rings is 2. The van der Waals surface area contributed by atoms with Crippen molar-refractivity contribution in [1.29, 1.82) is 0 Å². The summed E-state index contributed by atoms with van der Waals surface area (Å²) in [5, 5.41) is 0. The van der Waals surface area contributed by atoms with Gasteiger partial charge in [-0.25, -0.2) is 0 Å².